The van der Waals surface area contributed by atoms with Crippen molar-refractivity contribution in [2.75, 3.05) is 39.9 Å². The minimum absolute atomic E-state index is 0.0128. The largest absolute Gasteiger partial charge is 0.381 e. The van der Waals surface area contributed by atoms with Crippen LogP contribution in [0.3, 0.4) is 0 Å². The molecule has 130 valence electrons. The first-order valence-corrected chi connectivity index (χ1v) is 9.16. The monoisotopic (exact) mass is 329 g/mol. The van der Waals surface area contributed by atoms with Crippen LogP contribution in [0.4, 0.5) is 0 Å². The maximum atomic E-state index is 12.5. The van der Waals surface area contributed by atoms with Crippen LogP contribution >= 0.6 is 0 Å². The van der Waals surface area contributed by atoms with Crippen LogP contribution in [0.5, 0.6) is 0 Å². The lowest BCUT2D eigenvalue weighted by Gasteiger charge is -2.47. The normalized spacial score (nSPS) is 30.4. The molecule has 0 aromatic carbocycles. The van der Waals surface area contributed by atoms with Gasteiger partial charge in [-0.05, 0) is 42.9 Å². The van der Waals surface area contributed by atoms with E-state index in [9.17, 15) is 4.79 Å². The summed E-state index contributed by atoms with van der Waals surface area (Å²) in [7, 11) is 2.00. The second kappa shape index (κ2) is 6.45. The van der Waals surface area contributed by atoms with E-state index in [-0.39, 0.29) is 11.4 Å². The molecule has 1 spiro atoms. The van der Waals surface area contributed by atoms with Crippen molar-refractivity contribution >= 4 is 5.91 Å². The van der Waals surface area contributed by atoms with Crippen LogP contribution in [0.1, 0.15) is 37.2 Å². The zero-order valence-electron chi connectivity index (χ0n) is 14.5. The molecule has 5 nitrogen and oxygen atoms in total. The maximum Gasteiger partial charge on any atom is 0.223 e. The highest BCUT2D eigenvalue weighted by atomic mass is 16.5. The molecule has 2 atom stereocenters. The van der Waals surface area contributed by atoms with Crippen LogP contribution < -0.4 is 0 Å². The molecule has 0 radical (unpaired) electrons. The Morgan fingerprint density at radius 1 is 1.29 bits per heavy atom. The summed E-state index contributed by atoms with van der Waals surface area (Å²) >= 11 is 0. The average Bonchev–Trinajstić information content (AvgIpc) is 3.21. The van der Waals surface area contributed by atoms with Crippen molar-refractivity contribution in [3.8, 4) is 0 Å². The first kappa shape index (κ1) is 16.0. The molecule has 4 rings (SSSR count). The van der Waals surface area contributed by atoms with Gasteiger partial charge in [-0.1, -0.05) is 0 Å². The highest BCUT2D eigenvalue weighted by Gasteiger charge is 2.52. The van der Waals surface area contributed by atoms with Gasteiger partial charge in [0.15, 0.2) is 0 Å². The van der Waals surface area contributed by atoms with Gasteiger partial charge in [0.2, 0.25) is 5.91 Å². The van der Waals surface area contributed by atoms with Crippen LogP contribution in [0.25, 0.3) is 0 Å². The summed E-state index contributed by atoms with van der Waals surface area (Å²) in [5, 5.41) is 0. The quantitative estimate of drug-likeness (QED) is 0.850. The molecule has 3 aliphatic rings. The molecule has 0 aliphatic carbocycles. The summed E-state index contributed by atoms with van der Waals surface area (Å²) in [6.45, 7) is 5.14. The number of likely N-dealkylation sites (N-methyl/N-ethyl adjacent to an activating group) is 1. The molecular weight excluding hydrogens is 302 g/mol. The van der Waals surface area contributed by atoms with Gasteiger partial charge >= 0.3 is 0 Å². The SMILES string of the molecule is CN1C(=O)C[C@@H](c2ccncc2)C12CCN(C[C@H]1CCOC1)CC2. The predicted octanol–water partition coefficient (Wildman–Crippen LogP) is 1.90. The third-order valence-electron chi connectivity index (χ3n) is 6.44. The van der Waals surface area contributed by atoms with Gasteiger partial charge in [-0.25, -0.2) is 0 Å². The van der Waals surface area contributed by atoms with E-state index in [0.29, 0.717) is 18.3 Å². The third kappa shape index (κ3) is 2.74. The number of rotatable bonds is 3. The predicted molar refractivity (Wildman–Crippen MR) is 91.7 cm³/mol. The summed E-state index contributed by atoms with van der Waals surface area (Å²) in [6, 6.07) is 4.17. The molecule has 3 aliphatic heterocycles. The minimum atomic E-state index is -0.0128. The van der Waals surface area contributed by atoms with E-state index >= 15 is 0 Å². The van der Waals surface area contributed by atoms with Crippen molar-refractivity contribution in [1.82, 2.24) is 14.8 Å². The Morgan fingerprint density at radius 2 is 2.04 bits per heavy atom. The van der Waals surface area contributed by atoms with Crippen molar-refractivity contribution in [3.05, 3.63) is 30.1 Å². The summed E-state index contributed by atoms with van der Waals surface area (Å²) in [5.41, 5.74) is 1.25. The number of carbonyl (C=O) groups excluding carboxylic acids is 1. The maximum absolute atomic E-state index is 12.5. The van der Waals surface area contributed by atoms with E-state index < -0.39 is 0 Å². The van der Waals surface area contributed by atoms with Crippen LogP contribution in [0.15, 0.2) is 24.5 Å². The van der Waals surface area contributed by atoms with Crippen molar-refractivity contribution in [2.45, 2.75) is 37.1 Å². The van der Waals surface area contributed by atoms with Crippen molar-refractivity contribution < 1.29 is 9.53 Å². The van der Waals surface area contributed by atoms with Gasteiger partial charge in [0.25, 0.3) is 0 Å². The second-order valence-corrected chi connectivity index (χ2v) is 7.62. The van der Waals surface area contributed by atoms with Crippen LogP contribution in [-0.2, 0) is 9.53 Å². The van der Waals surface area contributed by atoms with Gasteiger partial charge in [-0.2, -0.15) is 0 Å². The van der Waals surface area contributed by atoms with Crippen LogP contribution in [0, 0.1) is 5.92 Å². The highest BCUT2D eigenvalue weighted by Crippen LogP contribution is 2.48. The molecule has 3 fully saturated rings. The van der Waals surface area contributed by atoms with Gasteiger partial charge in [-0.15, -0.1) is 0 Å². The zero-order chi connectivity index (χ0) is 16.6. The lowest BCUT2D eigenvalue weighted by molar-refractivity contribution is -0.130. The molecule has 0 bridgehead atoms. The number of hydrogen-bond acceptors (Lipinski definition) is 4. The molecule has 1 aromatic heterocycles. The van der Waals surface area contributed by atoms with Gasteiger partial charge in [0.1, 0.15) is 0 Å². The van der Waals surface area contributed by atoms with E-state index in [4.69, 9.17) is 4.74 Å². The molecular formula is C19H27N3O2. The van der Waals surface area contributed by atoms with Crippen LogP contribution in [0.2, 0.25) is 0 Å². The summed E-state index contributed by atoms with van der Waals surface area (Å²) in [6.07, 6.45) is 7.66. The highest BCUT2D eigenvalue weighted by molar-refractivity contribution is 5.81. The van der Waals surface area contributed by atoms with E-state index in [2.05, 4.69) is 22.0 Å². The number of aromatic nitrogens is 1. The fraction of sp³-hybridized carbons (Fsp3) is 0.684. The molecule has 24 heavy (non-hydrogen) atoms. The van der Waals surface area contributed by atoms with E-state index in [1.165, 1.54) is 12.0 Å². The van der Waals surface area contributed by atoms with Crippen molar-refractivity contribution in [3.63, 3.8) is 0 Å². The topological polar surface area (TPSA) is 45.7 Å². The Labute approximate surface area is 144 Å². The minimum Gasteiger partial charge on any atom is -0.381 e. The molecule has 0 N–H and O–H groups in total. The van der Waals surface area contributed by atoms with Gasteiger partial charge in [-0.3, -0.25) is 9.78 Å². The Hall–Kier alpha value is -1.46. The number of pyridine rings is 1. The van der Waals surface area contributed by atoms with Gasteiger partial charge in [0, 0.05) is 58.0 Å². The number of piperidine rings is 1. The van der Waals surface area contributed by atoms with Crippen molar-refractivity contribution in [2.24, 2.45) is 5.92 Å². The van der Waals surface area contributed by atoms with E-state index in [0.717, 1.165) is 45.7 Å². The van der Waals surface area contributed by atoms with Gasteiger partial charge in [0.05, 0.1) is 12.1 Å². The standard InChI is InChI=1S/C19H27N3O2/c1-21-18(23)12-17(16-2-7-20-8-3-16)19(21)5-9-22(10-6-19)13-15-4-11-24-14-15/h2-3,7-8,15,17H,4-6,9-14H2,1H3/t15-,17+/m1/s1. The number of likely N-dealkylation sites (tertiary alicyclic amines) is 2. The Kier molecular flexibility index (Phi) is 4.31. The van der Waals surface area contributed by atoms with Gasteiger partial charge < -0.3 is 14.5 Å². The molecule has 3 saturated heterocycles. The Balaban J connectivity index is 1.49. The smallest absolute Gasteiger partial charge is 0.223 e. The molecule has 4 heterocycles. The number of amides is 1. The summed E-state index contributed by atoms with van der Waals surface area (Å²) < 4.78 is 5.51. The lowest BCUT2D eigenvalue weighted by Crippen LogP contribution is -2.54. The summed E-state index contributed by atoms with van der Waals surface area (Å²) in [5.74, 6) is 1.28. The Bertz CT molecular complexity index is 578. The first-order valence-electron chi connectivity index (χ1n) is 9.16. The molecule has 1 aromatic rings. The zero-order valence-corrected chi connectivity index (χ0v) is 14.5. The average molecular weight is 329 g/mol. The first-order chi connectivity index (χ1) is 11.7. The lowest BCUT2D eigenvalue weighted by atomic mass is 9.74. The molecule has 0 unspecified atom stereocenters. The van der Waals surface area contributed by atoms with Crippen LogP contribution in [-0.4, -0.2) is 66.1 Å². The number of nitrogens with zero attached hydrogens (tertiary/aromatic N) is 3. The molecule has 5 heteroatoms. The fourth-order valence-corrected chi connectivity index (χ4v) is 4.91. The van der Waals surface area contributed by atoms with Crippen molar-refractivity contribution in [1.29, 1.82) is 0 Å². The Morgan fingerprint density at radius 3 is 2.71 bits per heavy atom. The number of ether oxygens (including phenoxy) is 1. The number of hydrogen-bond donors (Lipinski definition) is 0. The molecule has 1 amide bonds. The van der Waals surface area contributed by atoms with E-state index in [1.807, 2.05) is 24.3 Å². The molecule has 0 saturated carbocycles. The summed E-state index contributed by atoms with van der Waals surface area (Å²) in [4.78, 5) is 21.2. The fourth-order valence-electron chi connectivity index (χ4n) is 4.91. The third-order valence-corrected chi connectivity index (χ3v) is 6.44. The van der Waals surface area contributed by atoms with E-state index in [1.54, 1.807) is 0 Å². The number of carbonyl (C=O) groups is 1. The second-order valence-electron chi connectivity index (χ2n) is 7.62.